The predicted molar refractivity (Wildman–Crippen MR) is 63.6 cm³/mol. The van der Waals surface area contributed by atoms with Crippen LogP contribution in [0.4, 0.5) is 4.39 Å². The maximum Gasteiger partial charge on any atom is 0.129 e. The quantitative estimate of drug-likeness (QED) is 0.715. The zero-order valence-corrected chi connectivity index (χ0v) is 10.5. The van der Waals surface area contributed by atoms with Crippen molar-refractivity contribution in [3.8, 4) is 5.75 Å². The first-order valence-electron chi connectivity index (χ1n) is 5.48. The number of hydrogen-bond donors (Lipinski definition) is 0. The highest BCUT2D eigenvalue weighted by atomic mass is 35.5. The lowest BCUT2D eigenvalue weighted by Gasteiger charge is -2.48. The summed E-state index contributed by atoms with van der Waals surface area (Å²) in [7, 11) is 0. The Bertz CT molecular complexity index is 403. The van der Waals surface area contributed by atoms with Crippen molar-refractivity contribution < 1.29 is 9.13 Å². The highest BCUT2D eigenvalue weighted by Gasteiger charge is 2.49. The van der Waals surface area contributed by atoms with E-state index in [1.807, 2.05) is 0 Å². The Hall–Kier alpha value is -0.760. The van der Waals surface area contributed by atoms with Gasteiger partial charge in [-0.2, -0.15) is 0 Å². The maximum atomic E-state index is 13.3. The topological polar surface area (TPSA) is 9.23 Å². The largest absolute Gasteiger partial charge is 0.490 e. The minimum absolute atomic E-state index is 0.0388. The summed E-state index contributed by atoms with van der Waals surface area (Å²) in [6.45, 7) is 5.88. The zero-order chi connectivity index (χ0) is 11.9. The SMILES string of the molecule is Cc1ccc(OC2CC(Cl)C2(C)C)cc1F. The molecule has 1 nitrogen and oxygen atoms in total. The second-order valence-electron chi connectivity index (χ2n) is 5.04. The fourth-order valence-corrected chi connectivity index (χ4v) is 2.15. The van der Waals surface area contributed by atoms with Crippen LogP contribution in [0.3, 0.4) is 0 Å². The summed E-state index contributed by atoms with van der Waals surface area (Å²) in [6.07, 6.45) is 0.904. The molecule has 2 rings (SSSR count). The van der Waals surface area contributed by atoms with Crippen molar-refractivity contribution in [2.24, 2.45) is 5.41 Å². The van der Waals surface area contributed by atoms with E-state index in [4.69, 9.17) is 16.3 Å². The molecule has 0 amide bonds. The van der Waals surface area contributed by atoms with Crippen LogP contribution in [-0.4, -0.2) is 11.5 Å². The highest BCUT2D eigenvalue weighted by Crippen LogP contribution is 2.46. The summed E-state index contributed by atoms with van der Waals surface area (Å²) < 4.78 is 19.1. The summed E-state index contributed by atoms with van der Waals surface area (Å²) in [4.78, 5) is 0. The summed E-state index contributed by atoms with van der Waals surface area (Å²) in [5.41, 5.74) is 0.596. The van der Waals surface area contributed by atoms with Gasteiger partial charge in [0.1, 0.15) is 17.7 Å². The Morgan fingerprint density at radius 3 is 2.62 bits per heavy atom. The van der Waals surface area contributed by atoms with Gasteiger partial charge in [0.15, 0.2) is 0 Å². The molecule has 0 spiro atoms. The van der Waals surface area contributed by atoms with Gasteiger partial charge in [0, 0.05) is 23.3 Å². The Kier molecular flexibility index (Phi) is 2.87. The summed E-state index contributed by atoms with van der Waals surface area (Å²) >= 11 is 6.10. The number of ether oxygens (including phenoxy) is 1. The van der Waals surface area contributed by atoms with E-state index in [2.05, 4.69) is 13.8 Å². The standard InChI is InChI=1S/C13H16ClFO/c1-8-4-5-9(6-10(8)15)16-12-7-11(14)13(12,2)3/h4-6,11-12H,7H2,1-3H3. The van der Waals surface area contributed by atoms with Crippen molar-refractivity contribution in [3.05, 3.63) is 29.6 Å². The molecular weight excluding hydrogens is 227 g/mol. The van der Waals surface area contributed by atoms with Crippen molar-refractivity contribution in [1.29, 1.82) is 0 Å². The minimum Gasteiger partial charge on any atom is -0.490 e. The van der Waals surface area contributed by atoms with Crippen LogP contribution in [0.1, 0.15) is 25.8 Å². The van der Waals surface area contributed by atoms with Crippen LogP contribution in [0.5, 0.6) is 5.75 Å². The Morgan fingerprint density at radius 1 is 1.44 bits per heavy atom. The second-order valence-corrected chi connectivity index (χ2v) is 5.57. The average molecular weight is 243 g/mol. The van der Waals surface area contributed by atoms with E-state index in [-0.39, 0.29) is 22.7 Å². The smallest absolute Gasteiger partial charge is 0.129 e. The first-order valence-corrected chi connectivity index (χ1v) is 5.92. The minimum atomic E-state index is -0.225. The van der Waals surface area contributed by atoms with Gasteiger partial charge in [-0.1, -0.05) is 19.9 Å². The Balaban J connectivity index is 2.08. The lowest BCUT2D eigenvalue weighted by Crippen LogP contribution is -2.53. The molecule has 0 saturated heterocycles. The molecule has 3 heteroatoms. The van der Waals surface area contributed by atoms with Crippen molar-refractivity contribution in [3.63, 3.8) is 0 Å². The second kappa shape index (κ2) is 3.92. The van der Waals surface area contributed by atoms with E-state index in [9.17, 15) is 4.39 Å². The van der Waals surface area contributed by atoms with Crippen LogP contribution in [0.15, 0.2) is 18.2 Å². The van der Waals surface area contributed by atoms with E-state index in [1.54, 1.807) is 19.1 Å². The van der Waals surface area contributed by atoms with E-state index in [0.717, 1.165) is 6.42 Å². The Labute approximate surface area is 101 Å². The third-order valence-corrected chi connectivity index (χ3v) is 4.22. The maximum absolute atomic E-state index is 13.3. The molecule has 1 aliphatic carbocycles. The fourth-order valence-electron chi connectivity index (χ4n) is 1.85. The van der Waals surface area contributed by atoms with Crippen molar-refractivity contribution in [2.45, 2.75) is 38.7 Å². The van der Waals surface area contributed by atoms with Crippen molar-refractivity contribution in [2.75, 3.05) is 0 Å². The van der Waals surface area contributed by atoms with Gasteiger partial charge in [-0.15, -0.1) is 11.6 Å². The van der Waals surface area contributed by atoms with Gasteiger partial charge in [0.2, 0.25) is 0 Å². The molecule has 0 radical (unpaired) electrons. The molecule has 1 saturated carbocycles. The molecule has 2 atom stereocenters. The number of rotatable bonds is 2. The van der Waals surface area contributed by atoms with Crippen LogP contribution >= 0.6 is 11.6 Å². The van der Waals surface area contributed by atoms with E-state index in [1.165, 1.54) is 6.07 Å². The van der Waals surface area contributed by atoms with Gasteiger partial charge in [-0.25, -0.2) is 4.39 Å². The lowest BCUT2D eigenvalue weighted by molar-refractivity contribution is -0.0132. The highest BCUT2D eigenvalue weighted by molar-refractivity contribution is 6.21. The van der Waals surface area contributed by atoms with Crippen molar-refractivity contribution in [1.82, 2.24) is 0 Å². The molecule has 0 heterocycles. The molecule has 88 valence electrons. The Morgan fingerprint density at radius 2 is 2.12 bits per heavy atom. The molecule has 0 aliphatic heterocycles. The molecule has 0 N–H and O–H groups in total. The van der Waals surface area contributed by atoms with E-state index in [0.29, 0.717) is 11.3 Å². The van der Waals surface area contributed by atoms with E-state index < -0.39 is 0 Å². The van der Waals surface area contributed by atoms with Gasteiger partial charge in [0.25, 0.3) is 0 Å². The molecule has 0 bridgehead atoms. The monoisotopic (exact) mass is 242 g/mol. The van der Waals surface area contributed by atoms with Gasteiger partial charge in [-0.3, -0.25) is 0 Å². The normalized spacial score (nSPS) is 27.3. The van der Waals surface area contributed by atoms with Crippen LogP contribution in [-0.2, 0) is 0 Å². The van der Waals surface area contributed by atoms with Gasteiger partial charge in [-0.05, 0) is 18.6 Å². The molecule has 1 fully saturated rings. The van der Waals surface area contributed by atoms with Gasteiger partial charge >= 0.3 is 0 Å². The first kappa shape index (κ1) is 11.7. The third-order valence-electron chi connectivity index (χ3n) is 3.48. The number of benzene rings is 1. The fraction of sp³-hybridized carbons (Fsp3) is 0.538. The van der Waals surface area contributed by atoms with E-state index >= 15 is 0 Å². The molecule has 2 unspecified atom stereocenters. The number of aryl methyl sites for hydroxylation is 1. The van der Waals surface area contributed by atoms with Crippen LogP contribution in [0.2, 0.25) is 0 Å². The molecule has 1 aliphatic rings. The van der Waals surface area contributed by atoms with Gasteiger partial charge in [0.05, 0.1) is 0 Å². The van der Waals surface area contributed by atoms with Crippen LogP contribution in [0, 0.1) is 18.2 Å². The summed E-state index contributed by atoms with van der Waals surface area (Å²) in [5.74, 6) is 0.363. The molecule has 16 heavy (non-hydrogen) atoms. The summed E-state index contributed by atoms with van der Waals surface area (Å²) in [5, 5.41) is 0.146. The van der Waals surface area contributed by atoms with Crippen LogP contribution in [0.25, 0.3) is 0 Å². The molecule has 0 aromatic heterocycles. The number of hydrogen-bond acceptors (Lipinski definition) is 1. The van der Waals surface area contributed by atoms with Crippen molar-refractivity contribution >= 4 is 11.6 Å². The molecule has 1 aromatic rings. The first-order chi connectivity index (χ1) is 7.41. The molecular formula is C13H16ClFO. The number of halogens is 2. The lowest BCUT2D eigenvalue weighted by atomic mass is 9.68. The van der Waals surface area contributed by atoms with Gasteiger partial charge < -0.3 is 4.74 Å². The third kappa shape index (κ3) is 1.91. The summed E-state index contributed by atoms with van der Waals surface area (Å²) in [6, 6.07) is 4.97. The predicted octanol–water partition coefficient (Wildman–Crippen LogP) is 3.92. The van der Waals surface area contributed by atoms with Crippen LogP contribution < -0.4 is 4.74 Å². The average Bonchev–Trinajstić information content (AvgIpc) is 2.23. The number of alkyl halides is 1. The molecule has 1 aromatic carbocycles. The zero-order valence-electron chi connectivity index (χ0n) is 9.76.